The van der Waals surface area contributed by atoms with Crippen LogP contribution in [0.3, 0.4) is 0 Å². The van der Waals surface area contributed by atoms with Gasteiger partial charge in [0.2, 0.25) is 5.91 Å². The number of amides is 2. The van der Waals surface area contributed by atoms with Crippen LogP contribution < -0.4 is 15.4 Å². The lowest BCUT2D eigenvalue weighted by molar-refractivity contribution is -0.127. The predicted molar refractivity (Wildman–Crippen MR) is 157 cm³/mol. The van der Waals surface area contributed by atoms with Crippen molar-refractivity contribution in [3.8, 4) is 16.9 Å². The highest BCUT2D eigenvalue weighted by Crippen LogP contribution is 2.36. The van der Waals surface area contributed by atoms with E-state index in [0.29, 0.717) is 80.6 Å². The summed E-state index contributed by atoms with van der Waals surface area (Å²) in [4.78, 5) is 46.3. The van der Waals surface area contributed by atoms with Crippen LogP contribution in [0.1, 0.15) is 59.2 Å². The summed E-state index contributed by atoms with van der Waals surface area (Å²) in [6.07, 6.45) is 7.25. The number of piperidine rings is 1. The van der Waals surface area contributed by atoms with E-state index in [1.54, 1.807) is 18.6 Å². The van der Waals surface area contributed by atoms with Gasteiger partial charge in [0.1, 0.15) is 29.6 Å². The van der Waals surface area contributed by atoms with Crippen LogP contribution in [0.4, 0.5) is 10.6 Å². The molecule has 0 unspecified atom stereocenters. The molecule has 0 saturated carbocycles. The second-order valence-electron chi connectivity index (χ2n) is 11.6. The van der Waals surface area contributed by atoms with E-state index in [9.17, 15) is 9.59 Å². The lowest BCUT2D eigenvalue weighted by atomic mass is 9.96. The van der Waals surface area contributed by atoms with Gasteiger partial charge in [-0.25, -0.2) is 19.7 Å². The fourth-order valence-corrected chi connectivity index (χ4v) is 5.04. The van der Waals surface area contributed by atoms with E-state index >= 15 is 0 Å². The van der Waals surface area contributed by atoms with Crippen molar-refractivity contribution in [2.24, 2.45) is 0 Å². The molecule has 2 aromatic heterocycles. The van der Waals surface area contributed by atoms with E-state index in [-0.39, 0.29) is 11.9 Å². The Kier molecular flexibility index (Phi) is 9.00. The lowest BCUT2D eigenvalue weighted by Crippen LogP contribution is -2.56. The normalized spacial score (nSPS) is 19.4. The standard InChI is InChI=1S/C30H39N7O5/c1-5-12-40-18-25-33-15-19(16-34-25)21-7-8-22-26-27(21)41-13-6-10-31-28(38)23-14-20(35-24(36-26)17-32-22)9-11-37(23)29(39)42-30(2,3)4/h7-8,15-17,20,23H,5-6,9-14,18H2,1-4H3,(H,31,38)(H,35,36)/t20-,23-/m0/s1. The highest BCUT2D eigenvalue weighted by Gasteiger charge is 2.38. The second kappa shape index (κ2) is 12.8. The van der Waals surface area contributed by atoms with Gasteiger partial charge in [-0.15, -0.1) is 0 Å². The van der Waals surface area contributed by atoms with Crippen LogP contribution in [-0.4, -0.2) is 80.8 Å². The van der Waals surface area contributed by atoms with Gasteiger partial charge in [-0.05, 0) is 58.6 Å². The van der Waals surface area contributed by atoms with Crippen LogP contribution in [-0.2, 0) is 20.9 Å². The number of benzene rings is 1. The van der Waals surface area contributed by atoms with Crippen molar-refractivity contribution < 1.29 is 23.8 Å². The molecule has 1 fully saturated rings. The molecular formula is C30H39N7O5. The zero-order valence-corrected chi connectivity index (χ0v) is 24.7. The number of likely N-dealkylation sites (tertiary alicyclic amines) is 1. The number of aromatic nitrogens is 4. The molecule has 12 heteroatoms. The molecule has 1 aromatic carbocycles. The van der Waals surface area contributed by atoms with Crippen molar-refractivity contribution in [3.63, 3.8) is 0 Å². The van der Waals surface area contributed by atoms with Gasteiger partial charge in [0.05, 0.1) is 18.3 Å². The van der Waals surface area contributed by atoms with Crippen LogP contribution in [0.25, 0.3) is 22.2 Å². The molecule has 0 spiro atoms. The van der Waals surface area contributed by atoms with Crippen LogP contribution >= 0.6 is 0 Å². The maximum atomic E-state index is 13.3. The average molecular weight is 578 g/mol. The number of hydrogen-bond donors (Lipinski definition) is 2. The molecule has 2 N–H and O–H groups in total. The summed E-state index contributed by atoms with van der Waals surface area (Å²) in [5, 5.41) is 6.43. The average Bonchev–Trinajstić information content (AvgIpc) is 2.96. The topological polar surface area (TPSA) is 141 Å². The molecule has 1 saturated heterocycles. The number of hydrogen-bond acceptors (Lipinski definition) is 10. The minimum absolute atomic E-state index is 0.0995. The zero-order chi connectivity index (χ0) is 29.7. The Balaban J connectivity index is 1.43. The molecule has 2 aliphatic heterocycles. The Bertz CT molecular complexity index is 1410. The van der Waals surface area contributed by atoms with Gasteiger partial charge in [0.15, 0.2) is 11.6 Å². The number of fused-ring (bicyclic) bond motifs is 3. The maximum absolute atomic E-state index is 13.3. The fraction of sp³-hybridized carbons (Fsp3) is 0.533. The Labute approximate surface area is 245 Å². The van der Waals surface area contributed by atoms with Crippen LogP contribution in [0.15, 0.2) is 30.7 Å². The van der Waals surface area contributed by atoms with Gasteiger partial charge < -0.3 is 24.8 Å². The van der Waals surface area contributed by atoms with Crippen LogP contribution in [0, 0.1) is 0 Å². The first kappa shape index (κ1) is 29.4. The molecular weight excluding hydrogens is 538 g/mol. The molecule has 5 rings (SSSR count). The first-order valence-electron chi connectivity index (χ1n) is 14.6. The van der Waals surface area contributed by atoms with Crippen molar-refractivity contribution in [2.75, 3.05) is 31.6 Å². The van der Waals surface area contributed by atoms with Gasteiger partial charge >= 0.3 is 6.09 Å². The first-order valence-corrected chi connectivity index (χ1v) is 14.6. The Morgan fingerprint density at radius 1 is 1.17 bits per heavy atom. The van der Waals surface area contributed by atoms with E-state index in [1.807, 2.05) is 32.9 Å². The molecule has 2 aliphatic rings. The van der Waals surface area contributed by atoms with Gasteiger partial charge in [0.25, 0.3) is 0 Å². The van der Waals surface area contributed by atoms with E-state index < -0.39 is 17.7 Å². The van der Waals surface area contributed by atoms with E-state index in [1.165, 1.54) is 4.90 Å². The molecule has 4 heterocycles. The fourth-order valence-electron chi connectivity index (χ4n) is 5.04. The van der Waals surface area contributed by atoms with Gasteiger partial charge in [-0.2, -0.15) is 0 Å². The second-order valence-corrected chi connectivity index (χ2v) is 11.6. The molecule has 12 nitrogen and oxygen atoms in total. The molecule has 2 atom stereocenters. The molecule has 3 aromatic rings. The molecule has 0 aliphatic carbocycles. The number of rotatable bonds is 5. The molecule has 224 valence electrons. The number of carbonyl (C=O) groups is 2. The number of nitrogens with zero attached hydrogens (tertiary/aromatic N) is 5. The highest BCUT2D eigenvalue weighted by molar-refractivity contribution is 5.91. The maximum Gasteiger partial charge on any atom is 0.410 e. The van der Waals surface area contributed by atoms with E-state index in [2.05, 4.69) is 32.5 Å². The quantitative estimate of drug-likeness (QED) is 0.426. The summed E-state index contributed by atoms with van der Waals surface area (Å²) in [6, 6.07) is 3.08. The van der Waals surface area contributed by atoms with Crippen LogP contribution in [0.5, 0.6) is 5.75 Å². The highest BCUT2D eigenvalue weighted by atomic mass is 16.6. The largest absolute Gasteiger partial charge is 0.491 e. The lowest BCUT2D eigenvalue weighted by Gasteiger charge is -2.39. The van der Waals surface area contributed by atoms with Gasteiger partial charge in [-0.3, -0.25) is 14.7 Å². The summed E-state index contributed by atoms with van der Waals surface area (Å²) >= 11 is 0. The summed E-state index contributed by atoms with van der Waals surface area (Å²) in [7, 11) is 0. The van der Waals surface area contributed by atoms with Crippen molar-refractivity contribution in [1.29, 1.82) is 0 Å². The third kappa shape index (κ3) is 7.04. The molecule has 4 bridgehead atoms. The molecule has 2 amide bonds. The van der Waals surface area contributed by atoms with Gasteiger partial charge in [-0.1, -0.05) is 6.92 Å². The Hall–Kier alpha value is -4.06. The van der Waals surface area contributed by atoms with Crippen molar-refractivity contribution >= 4 is 28.9 Å². The smallest absolute Gasteiger partial charge is 0.410 e. The van der Waals surface area contributed by atoms with E-state index in [0.717, 1.165) is 17.5 Å². The zero-order valence-electron chi connectivity index (χ0n) is 24.7. The molecule has 42 heavy (non-hydrogen) atoms. The SMILES string of the molecule is CCCOCc1ncc(-c2ccc3ncc4nc3c2OCCCNC(=O)[C@@H]2C[C@H](CCN2C(=O)OC(C)(C)C)N4)cn1. The Morgan fingerprint density at radius 3 is 2.74 bits per heavy atom. The predicted octanol–water partition coefficient (Wildman–Crippen LogP) is 4.09. The van der Waals surface area contributed by atoms with Crippen molar-refractivity contribution in [1.82, 2.24) is 30.2 Å². The molecule has 0 radical (unpaired) electrons. The van der Waals surface area contributed by atoms with Gasteiger partial charge in [0, 0.05) is 49.3 Å². The van der Waals surface area contributed by atoms with E-state index in [4.69, 9.17) is 19.2 Å². The summed E-state index contributed by atoms with van der Waals surface area (Å²) in [5.41, 5.74) is 2.25. The third-order valence-corrected chi connectivity index (χ3v) is 7.02. The summed E-state index contributed by atoms with van der Waals surface area (Å²) < 4.78 is 17.5. The summed E-state index contributed by atoms with van der Waals surface area (Å²) in [6.45, 7) is 9.63. The minimum atomic E-state index is -0.666. The number of carbonyl (C=O) groups excluding carboxylic acids is 2. The Morgan fingerprint density at radius 2 is 1.98 bits per heavy atom. The number of ether oxygens (including phenoxy) is 3. The third-order valence-electron chi connectivity index (χ3n) is 7.02. The number of anilines is 1. The summed E-state index contributed by atoms with van der Waals surface area (Å²) in [5.74, 6) is 1.55. The van der Waals surface area contributed by atoms with Crippen molar-refractivity contribution in [2.45, 2.75) is 77.7 Å². The minimum Gasteiger partial charge on any atom is -0.491 e. The number of nitrogens with one attached hydrogen (secondary N) is 2. The first-order chi connectivity index (χ1) is 20.2. The van der Waals surface area contributed by atoms with Crippen LogP contribution in [0.2, 0.25) is 0 Å². The van der Waals surface area contributed by atoms with Crippen molar-refractivity contribution in [3.05, 3.63) is 36.5 Å². The monoisotopic (exact) mass is 577 g/mol.